The van der Waals surface area contributed by atoms with Gasteiger partial charge in [0.05, 0.1) is 0 Å². The fourth-order valence-electron chi connectivity index (χ4n) is 1.96. The summed E-state index contributed by atoms with van der Waals surface area (Å²) in [6, 6.07) is 19.0. The van der Waals surface area contributed by atoms with Gasteiger partial charge in [0.25, 0.3) is 0 Å². The van der Waals surface area contributed by atoms with Crippen LogP contribution in [0.2, 0.25) is 10.3 Å². The highest BCUT2D eigenvalue weighted by atomic mass is 35.5. The van der Waals surface area contributed by atoms with Crippen LogP contribution >= 0.6 is 23.2 Å². The Morgan fingerprint density at radius 3 is 2.09 bits per heavy atom. The molecule has 5 heteroatoms. The molecule has 0 spiro atoms. The van der Waals surface area contributed by atoms with Gasteiger partial charge in [-0.3, -0.25) is 0 Å². The standard InChI is InChI=1S/C17H12Cl2N2O/c18-15-10-16(19)21-17(20-15)13-6-8-14(9-7-13)22-11-12-4-2-1-3-5-12/h1-10H,11H2. The van der Waals surface area contributed by atoms with Crippen molar-refractivity contribution in [3.8, 4) is 17.1 Å². The number of rotatable bonds is 4. The molecular weight excluding hydrogens is 319 g/mol. The molecule has 0 bridgehead atoms. The number of benzene rings is 2. The summed E-state index contributed by atoms with van der Waals surface area (Å²) >= 11 is 11.8. The van der Waals surface area contributed by atoms with Crippen molar-refractivity contribution >= 4 is 23.2 Å². The van der Waals surface area contributed by atoms with Gasteiger partial charge < -0.3 is 4.74 Å². The van der Waals surface area contributed by atoms with Gasteiger partial charge in [0.1, 0.15) is 22.7 Å². The van der Waals surface area contributed by atoms with Crippen LogP contribution < -0.4 is 4.74 Å². The Morgan fingerprint density at radius 2 is 1.45 bits per heavy atom. The number of nitrogens with zero attached hydrogens (tertiary/aromatic N) is 2. The molecule has 3 rings (SSSR count). The van der Waals surface area contributed by atoms with Crippen molar-refractivity contribution in [2.24, 2.45) is 0 Å². The molecule has 3 aromatic rings. The molecule has 1 aromatic heterocycles. The third-order valence-electron chi connectivity index (χ3n) is 3.02. The van der Waals surface area contributed by atoms with Crippen LogP contribution in [0.5, 0.6) is 5.75 Å². The summed E-state index contributed by atoms with van der Waals surface area (Å²) in [5, 5.41) is 0.638. The molecule has 0 aliphatic carbocycles. The minimum Gasteiger partial charge on any atom is -0.489 e. The molecule has 2 aromatic carbocycles. The molecule has 0 aliphatic heterocycles. The minimum atomic E-state index is 0.319. The van der Waals surface area contributed by atoms with E-state index in [1.165, 1.54) is 6.07 Å². The van der Waals surface area contributed by atoms with E-state index in [0.29, 0.717) is 22.7 Å². The zero-order valence-electron chi connectivity index (χ0n) is 11.5. The van der Waals surface area contributed by atoms with Gasteiger partial charge in [0.15, 0.2) is 5.82 Å². The first-order chi connectivity index (χ1) is 10.7. The van der Waals surface area contributed by atoms with Crippen LogP contribution in [0.25, 0.3) is 11.4 Å². The number of halogens is 2. The first-order valence-corrected chi connectivity index (χ1v) is 7.43. The average Bonchev–Trinajstić information content (AvgIpc) is 2.53. The Bertz CT molecular complexity index is 741. The van der Waals surface area contributed by atoms with Gasteiger partial charge in [-0.25, -0.2) is 9.97 Å². The second kappa shape index (κ2) is 6.77. The maximum atomic E-state index is 5.89. The highest BCUT2D eigenvalue weighted by molar-refractivity contribution is 6.33. The van der Waals surface area contributed by atoms with Gasteiger partial charge in [0.2, 0.25) is 0 Å². The second-order valence-electron chi connectivity index (χ2n) is 4.64. The molecule has 0 aliphatic rings. The van der Waals surface area contributed by atoms with Crippen LogP contribution in [0.3, 0.4) is 0 Å². The fourth-order valence-corrected chi connectivity index (χ4v) is 2.38. The summed E-state index contributed by atoms with van der Waals surface area (Å²) < 4.78 is 5.74. The van der Waals surface area contributed by atoms with Crippen molar-refractivity contribution < 1.29 is 4.74 Å². The van der Waals surface area contributed by atoms with E-state index < -0.39 is 0 Å². The number of ether oxygens (including phenoxy) is 1. The summed E-state index contributed by atoms with van der Waals surface area (Å²) in [6.07, 6.45) is 0. The van der Waals surface area contributed by atoms with Crippen LogP contribution in [0.15, 0.2) is 60.7 Å². The van der Waals surface area contributed by atoms with Gasteiger partial charge in [0, 0.05) is 11.6 Å². The molecule has 0 saturated heterocycles. The molecule has 110 valence electrons. The summed E-state index contributed by atoms with van der Waals surface area (Å²) in [7, 11) is 0. The van der Waals surface area contributed by atoms with Crippen LogP contribution in [0.4, 0.5) is 0 Å². The van der Waals surface area contributed by atoms with Crippen molar-refractivity contribution in [2.45, 2.75) is 6.61 Å². The van der Waals surface area contributed by atoms with E-state index in [0.717, 1.165) is 16.9 Å². The van der Waals surface area contributed by atoms with E-state index in [-0.39, 0.29) is 0 Å². The van der Waals surface area contributed by atoms with Crippen molar-refractivity contribution in [1.29, 1.82) is 0 Å². The maximum Gasteiger partial charge on any atom is 0.162 e. The van der Waals surface area contributed by atoms with E-state index >= 15 is 0 Å². The Hall–Kier alpha value is -2.10. The highest BCUT2D eigenvalue weighted by Crippen LogP contribution is 2.23. The summed E-state index contributed by atoms with van der Waals surface area (Å²) in [5.74, 6) is 1.27. The number of hydrogen-bond donors (Lipinski definition) is 0. The van der Waals surface area contributed by atoms with Crippen LogP contribution in [-0.4, -0.2) is 9.97 Å². The fraction of sp³-hybridized carbons (Fsp3) is 0.0588. The molecule has 3 nitrogen and oxygen atoms in total. The van der Waals surface area contributed by atoms with E-state index in [1.54, 1.807) is 0 Å². The van der Waals surface area contributed by atoms with Crippen molar-refractivity contribution in [3.63, 3.8) is 0 Å². The second-order valence-corrected chi connectivity index (χ2v) is 5.41. The lowest BCUT2D eigenvalue weighted by Gasteiger charge is -2.07. The normalized spacial score (nSPS) is 10.5. The molecule has 1 heterocycles. The Balaban J connectivity index is 1.72. The molecular formula is C17H12Cl2N2O. The van der Waals surface area contributed by atoms with E-state index in [4.69, 9.17) is 27.9 Å². The molecule has 0 unspecified atom stereocenters. The summed E-state index contributed by atoms with van der Waals surface area (Å²) in [5.41, 5.74) is 1.95. The quantitative estimate of drug-likeness (QED) is 0.629. The lowest BCUT2D eigenvalue weighted by molar-refractivity contribution is 0.306. The predicted octanol–water partition coefficient (Wildman–Crippen LogP) is 5.03. The van der Waals surface area contributed by atoms with Crippen molar-refractivity contribution in [1.82, 2.24) is 9.97 Å². The summed E-state index contributed by atoms with van der Waals surface area (Å²) in [6.45, 7) is 0.527. The Morgan fingerprint density at radius 1 is 0.818 bits per heavy atom. The lowest BCUT2D eigenvalue weighted by atomic mass is 10.2. The van der Waals surface area contributed by atoms with Gasteiger partial charge in [-0.1, -0.05) is 53.5 Å². The summed E-state index contributed by atoms with van der Waals surface area (Å²) in [4.78, 5) is 8.31. The third kappa shape index (κ3) is 3.75. The van der Waals surface area contributed by atoms with Crippen molar-refractivity contribution in [3.05, 3.63) is 76.5 Å². The van der Waals surface area contributed by atoms with Gasteiger partial charge >= 0.3 is 0 Å². The zero-order chi connectivity index (χ0) is 15.4. The van der Waals surface area contributed by atoms with E-state index in [1.807, 2.05) is 54.6 Å². The minimum absolute atomic E-state index is 0.319. The number of aromatic nitrogens is 2. The Labute approximate surface area is 138 Å². The van der Waals surface area contributed by atoms with E-state index in [9.17, 15) is 0 Å². The predicted molar refractivity (Wildman–Crippen MR) is 88.3 cm³/mol. The first-order valence-electron chi connectivity index (χ1n) is 6.68. The Kier molecular flexibility index (Phi) is 4.56. The van der Waals surface area contributed by atoms with Crippen LogP contribution in [0, 0.1) is 0 Å². The zero-order valence-corrected chi connectivity index (χ0v) is 13.1. The van der Waals surface area contributed by atoms with Gasteiger partial charge in [-0.05, 0) is 29.8 Å². The molecule has 0 atom stereocenters. The maximum absolute atomic E-state index is 5.89. The van der Waals surface area contributed by atoms with Crippen LogP contribution in [-0.2, 0) is 6.61 Å². The molecule has 22 heavy (non-hydrogen) atoms. The number of hydrogen-bond acceptors (Lipinski definition) is 3. The monoisotopic (exact) mass is 330 g/mol. The topological polar surface area (TPSA) is 35.0 Å². The van der Waals surface area contributed by atoms with Gasteiger partial charge in [-0.2, -0.15) is 0 Å². The lowest BCUT2D eigenvalue weighted by Crippen LogP contribution is -1.95. The highest BCUT2D eigenvalue weighted by Gasteiger charge is 2.05. The largest absolute Gasteiger partial charge is 0.489 e. The van der Waals surface area contributed by atoms with Crippen molar-refractivity contribution in [2.75, 3.05) is 0 Å². The molecule has 0 saturated carbocycles. The molecule has 0 N–H and O–H groups in total. The third-order valence-corrected chi connectivity index (χ3v) is 3.41. The molecule has 0 fully saturated rings. The van der Waals surface area contributed by atoms with E-state index in [2.05, 4.69) is 9.97 Å². The SMILES string of the molecule is Clc1cc(Cl)nc(-c2ccc(OCc3ccccc3)cc2)n1. The molecule has 0 amide bonds. The smallest absolute Gasteiger partial charge is 0.162 e. The van der Waals surface area contributed by atoms with Gasteiger partial charge in [-0.15, -0.1) is 0 Å². The molecule has 0 radical (unpaired) electrons. The average molecular weight is 331 g/mol. The first kappa shape index (κ1) is 14.8. The van der Waals surface area contributed by atoms with Crippen LogP contribution in [0.1, 0.15) is 5.56 Å².